The molecule has 1 heterocycles. The molecule has 1 fully saturated rings. The van der Waals surface area contributed by atoms with Crippen molar-refractivity contribution in [2.45, 2.75) is 32.7 Å². The van der Waals surface area contributed by atoms with E-state index in [0.717, 1.165) is 25.1 Å². The molecule has 0 aromatic heterocycles. The van der Waals surface area contributed by atoms with Crippen LogP contribution in [0.1, 0.15) is 31.7 Å². The number of carboxylic acids is 1. The second-order valence-corrected chi connectivity index (χ2v) is 5.80. The Morgan fingerprint density at radius 3 is 3.05 bits per heavy atom. The highest BCUT2D eigenvalue weighted by Crippen LogP contribution is 2.26. The van der Waals surface area contributed by atoms with Crippen molar-refractivity contribution in [3.63, 3.8) is 0 Å². The topological polar surface area (TPSA) is 52.6 Å². The first-order valence-electron chi connectivity index (χ1n) is 7.52. The molecule has 1 atom stereocenters. The van der Waals surface area contributed by atoms with Crippen LogP contribution in [0.4, 0.5) is 10.1 Å². The maximum Gasteiger partial charge on any atom is 0.304 e. The number of anilines is 1. The van der Waals surface area contributed by atoms with Gasteiger partial charge in [-0.1, -0.05) is 13.0 Å². The second kappa shape index (κ2) is 7.41. The van der Waals surface area contributed by atoms with E-state index in [-0.39, 0.29) is 12.2 Å². The zero-order valence-corrected chi connectivity index (χ0v) is 12.4. The van der Waals surface area contributed by atoms with Gasteiger partial charge in [0, 0.05) is 26.2 Å². The van der Waals surface area contributed by atoms with Crippen LogP contribution in [0.25, 0.3) is 0 Å². The van der Waals surface area contributed by atoms with Gasteiger partial charge in [-0.3, -0.25) is 4.79 Å². The highest BCUT2D eigenvalue weighted by molar-refractivity contribution is 5.66. The number of piperidine rings is 1. The van der Waals surface area contributed by atoms with Gasteiger partial charge in [0.2, 0.25) is 0 Å². The van der Waals surface area contributed by atoms with Crippen molar-refractivity contribution in [1.29, 1.82) is 0 Å². The van der Waals surface area contributed by atoms with Crippen LogP contribution in [0.5, 0.6) is 0 Å². The number of hydrogen-bond donors (Lipinski definition) is 2. The molecule has 1 aromatic carbocycles. The molecule has 4 nitrogen and oxygen atoms in total. The highest BCUT2D eigenvalue weighted by atomic mass is 19.1. The van der Waals surface area contributed by atoms with Crippen LogP contribution < -0.4 is 10.2 Å². The molecule has 0 amide bonds. The molecule has 2 N–H and O–H groups in total. The normalized spacial score (nSPS) is 18.8. The van der Waals surface area contributed by atoms with Crippen LogP contribution in [0.3, 0.4) is 0 Å². The number of benzene rings is 1. The first-order chi connectivity index (χ1) is 10.1. The Morgan fingerprint density at radius 1 is 1.52 bits per heavy atom. The van der Waals surface area contributed by atoms with Crippen LogP contribution in [0, 0.1) is 11.7 Å². The van der Waals surface area contributed by atoms with E-state index in [1.807, 2.05) is 6.07 Å². The second-order valence-electron chi connectivity index (χ2n) is 5.80. The fraction of sp³-hybridized carbons (Fsp3) is 0.562. The summed E-state index contributed by atoms with van der Waals surface area (Å²) in [7, 11) is 0. The molecule has 1 aliphatic rings. The fourth-order valence-electron chi connectivity index (χ4n) is 2.75. The highest BCUT2D eigenvalue weighted by Gasteiger charge is 2.19. The van der Waals surface area contributed by atoms with Gasteiger partial charge < -0.3 is 15.3 Å². The Labute approximate surface area is 125 Å². The first kappa shape index (κ1) is 15.8. The van der Waals surface area contributed by atoms with E-state index >= 15 is 0 Å². The van der Waals surface area contributed by atoms with Gasteiger partial charge in [0.25, 0.3) is 0 Å². The number of carbonyl (C=O) groups is 1. The number of hydrogen-bond acceptors (Lipinski definition) is 3. The lowest BCUT2D eigenvalue weighted by Crippen LogP contribution is -2.34. The summed E-state index contributed by atoms with van der Waals surface area (Å²) in [5.41, 5.74) is 1.65. The Morgan fingerprint density at radius 2 is 2.33 bits per heavy atom. The maximum absolute atomic E-state index is 14.0. The minimum Gasteiger partial charge on any atom is -0.481 e. The molecule has 2 rings (SSSR count). The average molecular weight is 294 g/mol. The Kier molecular flexibility index (Phi) is 5.56. The lowest BCUT2D eigenvalue weighted by atomic mass is 9.99. The standard InChI is InChI=1S/C16H23FN2O2/c1-12-3-2-8-19(11-12)15-9-13(4-5-14(15)17)10-18-7-6-16(20)21/h4-5,9,12,18H,2-3,6-8,10-11H2,1H3,(H,20,21). The molecule has 0 bridgehead atoms. The Bertz CT molecular complexity index is 493. The predicted molar refractivity (Wildman–Crippen MR) is 81.0 cm³/mol. The van der Waals surface area contributed by atoms with Crippen molar-refractivity contribution in [2.24, 2.45) is 5.92 Å². The molecule has 0 aliphatic carbocycles. The van der Waals surface area contributed by atoms with Gasteiger partial charge in [0.15, 0.2) is 0 Å². The van der Waals surface area contributed by atoms with Crippen molar-refractivity contribution < 1.29 is 14.3 Å². The molecular formula is C16H23FN2O2. The van der Waals surface area contributed by atoms with E-state index in [4.69, 9.17) is 5.11 Å². The quantitative estimate of drug-likeness (QED) is 0.792. The maximum atomic E-state index is 14.0. The van der Waals surface area contributed by atoms with E-state index < -0.39 is 5.97 Å². The van der Waals surface area contributed by atoms with E-state index in [9.17, 15) is 9.18 Å². The van der Waals surface area contributed by atoms with Crippen molar-refractivity contribution >= 4 is 11.7 Å². The third kappa shape index (κ3) is 4.70. The summed E-state index contributed by atoms with van der Waals surface area (Å²) in [6.07, 6.45) is 2.40. The van der Waals surface area contributed by atoms with E-state index in [2.05, 4.69) is 17.1 Å². The number of nitrogens with zero attached hydrogens (tertiary/aromatic N) is 1. The molecular weight excluding hydrogens is 271 g/mol. The number of rotatable bonds is 6. The average Bonchev–Trinajstić information content (AvgIpc) is 2.45. The smallest absolute Gasteiger partial charge is 0.304 e. The van der Waals surface area contributed by atoms with Crippen molar-refractivity contribution in [2.75, 3.05) is 24.5 Å². The van der Waals surface area contributed by atoms with Crippen LogP contribution in [-0.2, 0) is 11.3 Å². The summed E-state index contributed by atoms with van der Waals surface area (Å²) < 4.78 is 14.0. The summed E-state index contributed by atoms with van der Waals surface area (Å²) in [6, 6.07) is 5.13. The van der Waals surface area contributed by atoms with Gasteiger partial charge in [0.05, 0.1) is 12.1 Å². The molecule has 1 unspecified atom stereocenters. The predicted octanol–water partition coefficient (Wildman–Crippen LogP) is 2.63. The van der Waals surface area contributed by atoms with Crippen LogP contribution in [0.15, 0.2) is 18.2 Å². The molecule has 1 aromatic rings. The third-order valence-corrected chi connectivity index (χ3v) is 3.85. The van der Waals surface area contributed by atoms with E-state index in [1.165, 1.54) is 12.5 Å². The van der Waals surface area contributed by atoms with E-state index in [0.29, 0.717) is 24.7 Å². The summed E-state index contributed by atoms with van der Waals surface area (Å²) in [6.45, 7) is 4.97. The number of nitrogens with one attached hydrogen (secondary N) is 1. The molecule has 5 heteroatoms. The minimum absolute atomic E-state index is 0.0949. The molecule has 0 radical (unpaired) electrons. The summed E-state index contributed by atoms with van der Waals surface area (Å²) in [5, 5.41) is 11.7. The van der Waals surface area contributed by atoms with Crippen molar-refractivity contribution in [1.82, 2.24) is 5.32 Å². The molecule has 0 spiro atoms. The fourth-order valence-corrected chi connectivity index (χ4v) is 2.75. The largest absolute Gasteiger partial charge is 0.481 e. The van der Waals surface area contributed by atoms with Gasteiger partial charge in [0.1, 0.15) is 5.82 Å². The Balaban J connectivity index is 1.98. The zero-order chi connectivity index (χ0) is 15.2. The third-order valence-electron chi connectivity index (χ3n) is 3.85. The molecule has 116 valence electrons. The van der Waals surface area contributed by atoms with Crippen molar-refractivity contribution in [3.8, 4) is 0 Å². The lowest BCUT2D eigenvalue weighted by molar-refractivity contribution is -0.136. The number of halogens is 1. The Hall–Kier alpha value is -1.62. The van der Waals surface area contributed by atoms with Crippen LogP contribution in [-0.4, -0.2) is 30.7 Å². The summed E-state index contributed by atoms with van der Waals surface area (Å²) >= 11 is 0. The monoisotopic (exact) mass is 294 g/mol. The van der Waals surface area contributed by atoms with Gasteiger partial charge in [-0.15, -0.1) is 0 Å². The van der Waals surface area contributed by atoms with Gasteiger partial charge in [-0.25, -0.2) is 4.39 Å². The first-order valence-corrected chi connectivity index (χ1v) is 7.52. The van der Waals surface area contributed by atoms with Crippen molar-refractivity contribution in [3.05, 3.63) is 29.6 Å². The van der Waals surface area contributed by atoms with Gasteiger partial charge >= 0.3 is 5.97 Å². The van der Waals surface area contributed by atoms with Gasteiger partial charge in [-0.05, 0) is 36.5 Å². The lowest BCUT2D eigenvalue weighted by Gasteiger charge is -2.33. The molecule has 1 saturated heterocycles. The van der Waals surface area contributed by atoms with Crippen LogP contribution >= 0.6 is 0 Å². The van der Waals surface area contributed by atoms with Gasteiger partial charge in [-0.2, -0.15) is 0 Å². The molecule has 1 aliphatic heterocycles. The number of carboxylic acid groups (broad SMARTS) is 1. The van der Waals surface area contributed by atoms with E-state index in [1.54, 1.807) is 6.07 Å². The SMILES string of the molecule is CC1CCCN(c2cc(CNCCC(=O)O)ccc2F)C1. The minimum atomic E-state index is -0.815. The summed E-state index contributed by atoms with van der Waals surface area (Å²) in [5.74, 6) is -0.404. The van der Waals surface area contributed by atoms with Crippen LogP contribution in [0.2, 0.25) is 0 Å². The molecule has 21 heavy (non-hydrogen) atoms. The number of aliphatic carboxylic acids is 1. The summed E-state index contributed by atoms with van der Waals surface area (Å²) in [4.78, 5) is 12.6. The zero-order valence-electron chi connectivity index (χ0n) is 12.4. The molecule has 0 saturated carbocycles.